The Morgan fingerprint density at radius 1 is 0.692 bits per heavy atom. The molecule has 6 rings (SSSR count). The topological polar surface area (TPSA) is 26.3 Å². The van der Waals surface area contributed by atoms with Crippen molar-refractivity contribution in [1.82, 2.24) is 0 Å². The van der Waals surface area contributed by atoms with Gasteiger partial charge in [-0.1, -0.05) is 84.9 Å². The third-order valence-electron chi connectivity index (χ3n) is 6.59. The molecule has 2 heteroatoms. The Balaban J connectivity index is 1.71. The second-order valence-electron chi connectivity index (χ2n) is 7.61. The number of hydrogen-bond acceptors (Lipinski definition) is 2. The molecule has 126 valence electrons. The summed E-state index contributed by atoms with van der Waals surface area (Å²) in [6.45, 7) is 0. The van der Waals surface area contributed by atoms with E-state index in [1.807, 2.05) is 24.3 Å². The summed E-state index contributed by atoms with van der Waals surface area (Å²) in [6.07, 6.45) is 0.600. The molecule has 2 heterocycles. The highest BCUT2D eigenvalue weighted by molar-refractivity contribution is 5.92. The Morgan fingerprint density at radius 2 is 1.19 bits per heavy atom. The lowest BCUT2D eigenvalue weighted by atomic mass is 9.52. The van der Waals surface area contributed by atoms with Crippen LogP contribution in [0.25, 0.3) is 0 Å². The van der Waals surface area contributed by atoms with Crippen LogP contribution >= 0.6 is 0 Å². The third-order valence-corrected chi connectivity index (χ3v) is 6.59. The van der Waals surface area contributed by atoms with Crippen molar-refractivity contribution in [2.75, 3.05) is 0 Å². The van der Waals surface area contributed by atoms with Crippen LogP contribution in [0, 0.1) is 11.8 Å². The number of carbonyl (C=O) groups excluding carboxylic acids is 1. The molecule has 0 unspecified atom stereocenters. The fourth-order valence-electron chi connectivity index (χ4n) is 5.61. The summed E-state index contributed by atoms with van der Waals surface area (Å²) in [6, 6.07) is 29.2. The van der Waals surface area contributed by atoms with Gasteiger partial charge in [0.25, 0.3) is 0 Å². The average molecular weight is 338 g/mol. The molecule has 0 N–H and O–H groups in total. The van der Waals surface area contributed by atoms with Gasteiger partial charge in [0, 0.05) is 12.3 Å². The van der Waals surface area contributed by atoms with Crippen LogP contribution in [-0.2, 0) is 20.7 Å². The van der Waals surface area contributed by atoms with Crippen LogP contribution in [0.3, 0.4) is 0 Å². The standard InChI is InChI=1S/C24H18O2/c25-21-15-20-22(21)24(17-11-5-2-6-12-17)19-14-8-7-13-18(19)23(20,26-24)16-9-3-1-4-10-16/h1-14,20,22H,15H2/t20-,22-,23+,24-/m1/s1. The van der Waals surface area contributed by atoms with Crippen LogP contribution in [-0.4, -0.2) is 5.78 Å². The Morgan fingerprint density at radius 3 is 1.77 bits per heavy atom. The fourth-order valence-corrected chi connectivity index (χ4v) is 5.61. The fraction of sp³-hybridized carbons (Fsp3) is 0.208. The monoisotopic (exact) mass is 338 g/mol. The quantitative estimate of drug-likeness (QED) is 0.691. The van der Waals surface area contributed by atoms with Crippen molar-refractivity contribution >= 4 is 5.78 Å². The van der Waals surface area contributed by atoms with Gasteiger partial charge in [0.05, 0.1) is 5.92 Å². The zero-order chi connectivity index (χ0) is 17.4. The number of hydrogen-bond donors (Lipinski definition) is 0. The summed E-state index contributed by atoms with van der Waals surface area (Å²) >= 11 is 0. The molecule has 0 spiro atoms. The predicted octanol–water partition coefficient (Wildman–Crippen LogP) is 4.42. The Hall–Kier alpha value is -2.71. The molecule has 1 saturated carbocycles. The molecule has 3 aliphatic rings. The van der Waals surface area contributed by atoms with Gasteiger partial charge in [-0.3, -0.25) is 4.79 Å². The molecule has 1 saturated heterocycles. The predicted molar refractivity (Wildman–Crippen MR) is 98.6 cm³/mol. The molecular weight excluding hydrogens is 320 g/mol. The van der Waals surface area contributed by atoms with Gasteiger partial charge in [-0.15, -0.1) is 0 Å². The number of ketones is 1. The van der Waals surface area contributed by atoms with Gasteiger partial charge in [-0.2, -0.15) is 0 Å². The second-order valence-corrected chi connectivity index (χ2v) is 7.61. The second kappa shape index (κ2) is 4.72. The van der Waals surface area contributed by atoms with Gasteiger partial charge >= 0.3 is 0 Å². The van der Waals surface area contributed by atoms with E-state index >= 15 is 0 Å². The smallest absolute Gasteiger partial charge is 0.140 e. The molecule has 3 aromatic rings. The Bertz CT molecular complexity index is 1030. The van der Waals surface area contributed by atoms with E-state index in [9.17, 15) is 4.79 Å². The zero-order valence-electron chi connectivity index (χ0n) is 14.3. The van der Waals surface area contributed by atoms with E-state index in [1.54, 1.807) is 0 Å². The van der Waals surface area contributed by atoms with Crippen LogP contribution < -0.4 is 0 Å². The van der Waals surface area contributed by atoms with E-state index < -0.39 is 11.2 Å². The molecule has 1 aliphatic carbocycles. The molecule has 26 heavy (non-hydrogen) atoms. The first-order valence-corrected chi connectivity index (χ1v) is 9.22. The Kier molecular flexibility index (Phi) is 2.62. The van der Waals surface area contributed by atoms with Crippen molar-refractivity contribution in [2.45, 2.75) is 17.6 Å². The zero-order valence-corrected chi connectivity index (χ0v) is 14.3. The molecule has 2 aliphatic heterocycles. The lowest BCUT2D eigenvalue weighted by Crippen LogP contribution is -2.52. The van der Waals surface area contributed by atoms with E-state index in [0.717, 1.165) is 16.7 Å². The van der Waals surface area contributed by atoms with Crippen LogP contribution in [0.1, 0.15) is 28.7 Å². The minimum absolute atomic E-state index is 0.0972. The third kappa shape index (κ3) is 1.43. The minimum Gasteiger partial charge on any atom is -0.348 e. The SMILES string of the molecule is O=C1C[C@@H]2[C@H]1[C@]1(c3ccccc3)O[C@@]2(c2ccccc2)c2ccccc21. The Labute approximate surface area is 152 Å². The summed E-state index contributed by atoms with van der Waals surface area (Å²) in [4.78, 5) is 12.8. The maximum atomic E-state index is 12.8. The summed E-state index contributed by atoms with van der Waals surface area (Å²) < 4.78 is 7.03. The van der Waals surface area contributed by atoms with Crippen LogP contribution in [0.5, 0.6) is 0 Å². The normalized spacial score (nSPS) is 33.5. The number of Topliss-reactive ketones (excluding diaryl/α,β-unsaturated/α-hetero) is 1. The molecular formula is C24H18O2. The number of benzene rings is 3. The first kappa shape index (κ1) is 14.5. The van der Waals surface area contributed by atoms with Crippen molar-refractivity contribution in [3.8, 4) is 0 Å². The van der Waals surface area contributed by atoms with Crippen molar-refractivity contribution < 1.29 is 9.53 Å². The summed E-state index contributed by atoms with van der Waals surface area (Å²) in [5, 5.41) is 0. The van der Waals surface area contributed by atoms with Crippen LogP contribution in [0.15, 0.2) is 84.9 Å². The summed E-state index contributed by atoms with van der Waals surface area (Å²) in [5.41, 5.74) is 3.45. The molecule has 2 fully saturated rings. The first-order valence-electron chi connectivity index (χ1n) is 9.22. The first-order chi connectivity index (χ1) is 12.8. The van der Waals surface area contributed by atoms with Crippen LogP contribution in [0.4, 0.5) is 0 Å². The van der Waals surface area contributed by atoms with E-state index in [2.05, 4.69) is 60.7 Å². The van der Waals surface area contributed by atoms with Gasteiger partial charge in [0.1, 0.15) is 17.0 Å². The van der Waals surface area contributed by atoms with Gasteiger partial charge in [-0.05, 0) is 22.3 Å². The molecule has 0 radical (unpaired) electrons. The highest BCUT2D eigenvalue weighted by Crippen LogP contribution is 2.72. The van der Waals surface area contributed by atoms with E-state index in [1.165, 1.54) is 5.56 Å². The lowest BCUT2D eigenvalue weighted by molar-refractivity contribution is -0.136. The molecule has 4 atom stereocenters. The minimum atomic E-state index is -0.659. The lowest BCUT2D eigenvalue weighted by Gasteiger charge is -2.46. The highest BCUT2D eigenvalue weighted by atomic mass is 16.5. The van der Waals surface area contributed by atoms with Crippen molar-refractivity contribution in [1.29, 1.82) is 0 Å². The van der Waals surface area contributed by atoms with Crippen molar-refractivity contribution in [2.24, 2.45) is 11.8 Å². The molecule has 0 aromatic heterocycles. The average Bonchev–Trinajstić information content (AvgIpc) is 3.14. The number of ether oxygens (including phenoxy) is 1. The highest BCUT2D eigenvalue weighted by Gasteiger charge is 2.76. The van der Waals surface area contributed by atoms with Gasteiger partial charge < -0.3 is 4.74 Å². The van der Waals surface area contributed by atoms with Gasteiger partial charge in [0.2, 0.25) is 0 Å². The largest absolute Gasteiger partial charge is 0.348 e. The van der Waals surface area contributed by atoms with Gasteiger partial charge in [-0.25, -0.2) is 0 Å². The molecule has 2 bridgehead atoms. The van der Waals surface area contributed by atoms with E-state index in [0.29, 0.717) is 12.2 Å². The summed E-state index contributed by atoms with van der Waals surface area (Å²) in [7, 11) is 0. The molecule has 3 aromatic carbocycles. The number of fused-ring (bicyclic) bond motifs is 8. The van der Waals surface area contributed by atoms with Crippen molar-refractivity contribution in [3.63, 3.8) is 0 Å². The van der Waals surface area contributed by atoms with Crippen LogP contribution in [0.2, 0.25) is 0 Å². The molecule has 2 nitrogen and oxygen atoms in total. The number of carbonyl (C=O) groups is 1. The van der Waals surface area contributed by atoms with E-state index in [4.69, 9.17) is 4.74 Å². The van der Waals surface area contributed by atoms with Crippen molar-refractivity contribution in [3.05, 3.63) is 107 Å². The number of rotatable bonds is 2. The molecule has 0 amide bonds. The summed E-state index contributed by atoms with van der Waals surface area (Å²) in [5.74, 6) is 0.429. The maximum absolute atomic E-state index is 12.8. The van der Waals surface area contributed by atoms with Gasteiger partial charge in [0.15, 0.2) is 0 Å². The maximum Gasteiger partial charge on any atom is 0.140 e. The van der Waals surface area contributed by atoms with E-state index in [-0.39, 0.29) is 11.8 Å².